The number of benzene rings is 1. The molecule has 0 spiro atoms. The zero-order chi connectivity index (χ0) is 14.4. The summed E-state index contributed by atoms with van der Waals surface area (Å²) in [7, 11) is 0. The molecule has 0 saturated heterocycles. The van der Waals surface area contributed by atoms with Crippen LogP contribution in [0.25, 0.3) is 0 Å². The monoisotopic (exact) mass is 274 g/mol. The van der Waals surface area contributed by atoms with Crippen LogP contribution in [0, 0.1) is 11.3 Å². The van der Waals surface area contributed by atoms with Crippen LogP contribution >= 0.6 is 0 Å². The highest BCUT2D eigenvalue weighted by Gasteiger charge is 2.15. The lowest BCUT2D eigenvalue weighted by Crippen LogP contribution is -2.22. The normalized spacial score (nSPS) is 11.8. The molecule has 0 fully saturated rings. The molecule has 1 aromatic carbocycles. The molecule has 0 bridgehead atoms. The lowest BCUT2D eigenvalue weighted by molar-refractivity contribution is 0.0761. The molecule has 1 heterocycles. The van der Waals surface area contributed by atoms with E-state index in [0.717, 1.165) is 0 Å². The molecule has 7 heteroatoms. The first-order valence-electron chi connectivity index (χ1n) is 6.04. The number of aliphatic hydroxyl groups excluding tert-OH is 2. The van der Waals surface area contributed by atoms with Gasteiger partial charge < -0.3 is 14.9 Å². The minimum atomic E-state index is -0.960. The van der Waals surface area contributed by atoms with Crippen LogP contribution in [0.3, 0.4) is 0 Å². The third-order valence-electron chi connectivity index (χ3n) is 2.66. The van der Waals surface area contributed by atoms with Crippen molar-refractivity contribution in [2.75, 3.05) is 6.61 Å². The molecule has 0 radical (unpaired) electrons. The lowest BCUT2D eigenvalue weighted by atomic mass is 10.3. The van der Waals surface area contributed by atoms with Crippen LogP contribution in [0.2, 0.25) is 0 Å². The summed E-state index contributed by atoms with van der Waals surface area (Å²) >= 11 is 0. The summed E-state index contributed by atoms with van der Waals surface area (Å²) in [5, 5.41) is 34.8. The summed E-state index contributed by atoms with van der Waals surface area (Å²) in [6, 6.07) is 11.1. The molecule has 0 aliphatic carbocycles. The zero-order valence-electron chi connectivity index (χ0n) is 10.7. The molecule has 0 aliphatic heterocycles. The molecule has 7 nitrogen and oxygen atoms in total. The average Bonchev–Trinajstić information content (AvgIpc) is 2.88. The molecule has 20 heavy (non-hydrogen) atoms. The highest BCUT2D eigenvalue weighted by atomic mass is 16.5. The molecule has 2 N–H and O–H groups in total. The maximum atomic E-state index is 9.44. The Bertz CT molecular complexity index is 591. The van der Waals surface area contributed by atoms with Gasteiger partial charge in [-0.3, -0.25) is 0 Å². The fourth-order valence-corrected chi connectivity index (χ4v) is 1.63. The molecule has 0 aliphatic rings. The second-order valence-corrected chi connectivity index (χ2v) is 4.12. The Balaban J connectivity index is 2.13. The standard InChI is InChI=1S/C13H14N4O3/c14-6-12-13(9-20-11-4-2-1-3-5-11)17(16-15-12)7-10(19)8-18/h1-5,10,18-19H,7-9H2. The second-order valence-electron chi connectivity index (χ2n) is 4.12. The highest BCUT2D eigenvalue weighted by Crippen LogP contribution is 2.13. The first-order valence-corrected chi connectivity index (χ1v) is 6.04. The van der Waals surface area contributed by atoms with Crippen molar-refractivity contribution in [2.24, 2.45) is 0 Å². The molecule has 1 unspecified atom stereocenters. The van der Waals surface area contributed by atoms with E-state index < -0.39 is 6.10 Å². The van der Waals surface area contributed by atoms with Crippen LogP contribution in [-0.2, 0) is 13.2 Å². The zero-order valence-corrected chi connectivity index (χ0v) is 10.7. The van der Waals surface area contributed by atoms with Gasteiger partial charge in [0.05, 0.1) is 19.3 Å². The summed E-state index contributed by atoms with van der Waals surface area (Å²) < 4.78 is 6.92. The number of para-hydroxylation sites is 1. The Hall–Kier alpha value is -2.43. The van der Waals surface area contributed by atoms with Crippen molar-refractivity contribution in [3.8, 4) is 11.8 Å². The van der Waals surface area contributed by atoms with Gasteiger partial charge in [0.15, 0.2) is 5.69 Å². The molecular weight excluding hydrogens is 260 g/mol. The van der Waals surface area contributed by atoms with Crippen LogP contribution in [0.15, 0.2) is 30.3 Å². The van der Waals surface area contributed by atoms with Crippen LogP contribution < -0.4 is 4.74 Å². The Kier molecular flexibility index (Phi) is 4.65. The van der Waals surface area contributed by atoms with Gasteiger partial charge in [-0.25, -0.2) is 4.68 Å². The van der Waals surface area contributed by atoms with Crippen molar-refractivity contribution in [3.05, 3.63) is 41.7 Å². The second kappa shape index (κ2) is 6.65. The van der Waals surface area contributed by atoms with Gasteiger partial charge in [-0.05, 0) is 12.1 Å². The highest BCUT2D eigenvalue weighted by molar-refractivity contribution is 5.26. The number of hydrogen-bond donors (Lipinski definition) is 2. The van der Waals surface area contributed by atoms with E-state index in [-0.39, 0.29) is 25.5 Å². The fourth-order valence-electron chi connectivity index (χ4n) is 1.63. The van der Waals surface area contributed by atoms with Gasteiger partial charge in [-0.1, -0.05) is 23.4 Å². The van der Waals surface area contributed by atoms with E-state index in [0.29, 0.717) is 11.4 Å². The molecule has 1 aromatic heterocycles. The predicted molar refractivity (Wildman–Crippen MR) is 68.6 cm³/mol. The largest absolute Gasteiger partial charge is 0.487 e. The SMILES string of the molecule is N#Cc1nnn(CC(O)CO)c1COc1ccccc1. The van der Waals surface area contributed by atoms with Gasteiger partial charge in [-0.15, -0.1) is 5.10 Å². The van der Waals surface area contributed by atoms with Crippen LogP contribution in [0.4, 0.5) is 0 Å². The number of hydrogen-bond acceptors (Lipinski definition) is 6. The summed E-state index contributed by atoms with van der Waals surface area (Å²) in [4.78, 5) is 0. The first-order chi connectivity index (χ1) is 9.74. The van der Waals surface area contributed by atoms with Crippen molar-refractivity contribution in [3.63, 3.8) is 0 Å². The summed E-state index contributed by atoms with van der Waals surface area (Å²) in [6.07, 6.45) is -0.960. The van der Waals surface area contributed by atoms with Gasteiger partial charge in [-0.2, -0.15) is 5.26 Å². The van der Waals surface area contributed by atoms with E-state index in [1.165, 1.54) is 4.68 Å². The molecule has 2 rings (SSSR count). The van der Waals surface area contributed by atoms with Crippen LogP contribution in [0.1, 0.15) is 11.4 Å². The molecule has 0 saturated carbocycles. The van der Waals surface area contributed by atoms with Crippen LogP contribution in [-0.4, -0.2) is 37.9 Å². The smallest absolute Gasteiger partial charge is 0.189 e. The lowest BCUT2D eigenvalue weighted by Gasteiger charge is -2.11. The van der Waals surface area contributed by atoms with Gasteiger partial charge >= 0.3 is 0 Å². The Morgan fingerprint density at radius 2 is 2.10 bits per heavy atom. The van der Waals surface area contributed by atoms with E-state index in [1.807, 2.05) is 24.3 Å². The Morgan fingerprint density at radius 3 is 2.75 bits per heavy atom. The molecule has 2 aromatic rings. The first kappa shape index (κ1) is 14.0. The van der Waals surface area contributed by atoms with E-state index in [1.54, 1.807) is 12.1 Å². The molecule has 0 amide bonds. The van der Waals surface area contributed by atoms with Crippen molar-refractivity contribution in [1.82, 2.24) is 15.0 Å². The number of nitriles is 1. The summed E-state index contributed by atoms with van der Waals surface area (Å²) in [5.74, 6) is 0.659. The quantitative estimate of drug-likeness (QED) is 0.773. The third kappa shape index (κ3) is 3.32. The average molecular weight is 274 g/mol. The molecular formula is C13H14N4O3. The van der Waals surface area contributed by atoms with Gasteiger partial charge in [0.1, 0.15) is 24.1 Å². The third-order valence-corrected chi connectivity index (χ3v) is 2.66. The fraction of sp³-hybridized carbons (Fsp3) is 0.308. The van der Waals surface area contributed by atoms with E-state index in [4.69, 9.17) is 15.1 Å². The van der Waals surface area contributed by atoms with Gasteiger partial charge in [0, 0.05) is 0 Å². The van der Waals surface area contributed by atoms with Crippen molar-refractivity contribution in [2.45, 2.75) is 19.3 Å². The van der Waals surface area contributed by atoms with E-state index in [9.17, 15) is 5.11 Å². The van der Waals surface area contributed by atoms with E-state index >= 15 is 0 Å². The number of ether oxygens (including phenoxy) is 1. The topological polar surface area (TPSA) is 104 Å². The number of nitrogens with zero attached hydrogens (tertiary/aromatic N) is 4. The van der Waals surface area contributed by atoms with Crippen molar-refractivity contribution >= 4 is 0 Å². The Labute approximate surface area is 115 Å². The van der Waals surface area contributed by atoms with E-state index in [2.05, 4.69) is 10.3 Å². The van der Waals surface area contributed by atoms with Crippen LogP contribution in [0.5, 0.6) is 5.75 Å². The minimum Gasteiger partial charge on any atom is -0.487 e. The minimum absolute atomic E-state index is 0.0542. The number of aromatic nitrogens is 3. The predicted octanol–water partition coefficient (Wildman–Crippen LogP) is 0.0820. The maximum absolute atomic E-state index is 9.44. The van der Waals surface area contributed by atoms with Gasteiger partial charge in [0.25, 0.3) is 0 Å². The molecule has 1 atom stereocenters. The maximum Gasteiger partial charge on any atom is 0.189 e. The van der Waals surface area contributed by atoms with Crippen molar-refractivity contribution in [1.29, 1.82) is 5.26 Å². The number of aliphatic hydroxyl groups is 2. The Morgan fingerprint density at radius 1 is 1.35 bits per heavy atom. The number of rotatable bonds is 6. The summed E-state index contributed by atoms with van der Waals surface area (Å²) in [5.41, 5.74) is 0.606. The molecule has 104 valence electrons. The van der Waals surface area contributed by atoms with Gasteiger partial charge in [0.2, 0.25) is 0 Å². The summed E-state index contributed by atoms with van der Waals surface area (Å²) in [6.45, 7) is -0.225. The van der Waals surface area contributed by atoms with Crippen molar-refractivity contribution < 1.29 is 14.9 Å².